The van der Waals surface area contributed by atoms with E-state index >= 15 is 0 Å². The van der Waals surface area contributed by atoms with Gasteiger partial charge in [-0.05, 0) is 6.92 Å². The third kappa shape index (κ3) is 3.47. The molecule has 0 amide bonds. The number of rotatable bonds is 4. The third-order valence-corrected chi connectivity index (χ3v) is 1.66. The van der Waals surface area contributed by atoms with Gasteiger partial charge in [0.05, 0.1) is 13.7 Å². The average Bonchev–Trinajstić information content (AvgIpc) is 2.52. The van der Waals surface area contributed by atoms with Gasteiger partial charge in [-0.3, -0.25) is 0 Å². The van der Waals surface area contributed by atoms with Crippen LogP contribution in [0.25, 0.3) is 0 Å². The second-order valence-corrected chi connectivity index (χ2v) is 2.85. The highest BCUT2D eigenvalue weighted by Crippen LogP contribution is 1.85. The predicted molar refractivity (Wildman–Crippen MR) is 48.6 cm³/mol. The second kappa shape index (κ2) is 5.26. The van der Waals surface area contributed by atoms with Gasteiger partial charge in [0.15, 0.2) is 0 Å². The first-order valence-corrected chi connectivity index (χ1v) is 4.53. The van der Waals surface area contributed by atoms with E-state index < -0.39 is 6.16 Å². The fourth-order valence-corrected chi connectivity index (χ4v) is 1.03. The molecule has 0 bridgehead atoms. The van der Waals surface area contributed by atoms with Gasteiger partial charge in [-0.25, -0.2) is 13.9 Å². The Morgan fingerprint density at radius 2 is 2.29 bits per heavy atom. The summed E-state index contributed by atoms with van der Waals surface area (Å²) in [7, 11) is 1.93. The molecule has 5 nitrogen and oxygen atoms in total. The number of hydrogen-bond donors (Lipinski definition) is 0. The van der Waals surface area contributed by atoms with E-state index in [4.69, 9.17) is 4.74 Å². The first kappa shape index (κ1) is 10.6. The van der Waals surface area contributed by atoms with Crippen molar-refractivity contribution in [3.05, 3.63) is 18.7 Å². The molecule has 0 N–H and O–H groups in total. The lowest BCUT2D eigenvalue weighted by Gasteiger charge is -2.01. The summed E-state index contributed by atoms with van der Waals surface area (Å²) in [6, 6.07) is 0. The lowest BCUT2D eigenvalue weighted by atomic mass is 10.7. The van der Waals surface area contributed by atoms with E-state index in [1.807, 2.05) is 34.9 Å². The van der Waals surface area contributed by atoms with Crippen molar-refractivity contribution in [2.24, 2.45) is 7.05 Å². The van der Waals surface area contributed by atoms with Crippen LogP contribution in [0.15, 0.2) is 18.7 Å². The molecule has 0 aliphatic carbocycles. The summed E-state index contributed by atoms with van der Waals surface area (Å²) in [4.78, 5) is 10.8. The zero-order chi connectivity index (χ0) is 10.4. The largest absolute Gasteiger partial charge is 0.508 e. The highest BCUT2D eigenvalue weighted by atomic mass is 16.7. The Kier molecular flexibility index (Phi) is 3.97. The maximum Gasteiger partial charge on any atom is 0.508 e. The van der Waals surface area contributed by atoms with Crippen LogP contribution >= 0.6 is 0 Å². The molecule has 78 valence electrons. The Bertz CT molecular complexity index is 296. The monoisotopic (exact) mass is 199 g/mol. The highest BCUT2D eigenvalue weighted by molar-refractivity contribution is 5.59. The van der Waals surface area contributed by atoms with Gasteiger partial charge in [-0.15, -0.1) is 0 Å². The Labute approximate surface area is 82.9 Å². The number of ether oxygens (including phenoxy) is 2. The summed E-state index contributed by atoms with van der Waals surface area (Å²) in [6.45, 7) is 3.05. The van der Waals surface area contributed by atoms with Crippen LogP contribution in [0.2, 0.25) is 0 Å². The predicted octanol–water partition coefficient (Wildman–Crippen LogP) is 0.486. The van der Waals surface area contributed by atoms with E-state index in [2.05, 4.69) is 4.74 Å². The number of carbonyl (C=O) groups is 1. The van der Waals surface area contributed by atoms with Crippen LogP contribution in [0, 0.1) is 0 Å². The number of nitrogens with zero attached hydrogens (tertiary/aromatic N) is 2. The second-order valence-electron chi connectivity index (χ2n) is 2.85. The van der Waals surface area contributed by atoms with Gasteiger partial charge in [0.1, 0.15) is 25.5 Å². The normalized spacial score (nSPS) is 9.86. The molecular weight excluding hydrogens is 184 g/mol. The molecule has 1 aromatic rings. The molecule has 0 saturated heterocycles. The molecule has 0 fully saturated rings. The topological polar surface area (TPSA) is 44.3 Å². The van der Waals surface area contributed by atoms with Gasteiger partial charge in [0, 0.05) is 0 Å². The van der Waals surface area contributed by atoms with Crippen molar-refractivity contribution in [1.82, 2.24) is 4.57 Å². The van der Waals surface area contributed by atoms with Crippen LogP contribution < -0.4 is 4.57 Å². The standard InChI is InChI=1S/C9H15N2O3/c1-3-13-9(12)14-7-6-11-5-4-10(2)8-11/h4-5,8H,3,6-7H2,1-2H3/q+1. The van der Waals surface area contributed by atoms with Crippen molar-refractivity contribution in [1.29, 1.82) is 0 Å². The van der Waals surface area contributed by atoms with E-state index in [-0.39, 0.29) is 0 Å². The maximum absolute atomic E-state index is 10.8. The minimum Gasteiger partial charge on any atom is -0.435 e. The SMILES string of the molecule is CCOC(=O)OCC[n+]1ccn(C)c1. The molecule has 1 aromatic heterocycles. The quantitative estimate of drug-likeness (QED) is 0.523. The minimum absolute atomic E-state index is 0.327. The van der Waals surface area contributed by atoms with Crippen molar-refractivity contribution in [3.63, 3.8) is 0 Å². The third-order valence-electron chi connectivity index (χ3n) is 1.66. The first-order chi connectivity index (χ1) is 6.72. The maximum atomic E-state index is 10.8. The van der Waals surface area contributed by atoms with Crippen molar-refractivity contribution in [3.8, 4) is 0 Å². The number of carbonyl (C=O) groups excluding carboxylic acids is 1. The van der Waals surface area contributed by atoms with E-state index in [0.717, 1.165) is 0 Å². The summed E-state index contributed by atoms with van der Waals surface area (Å²) in [6.07, 6.45) is 5.14. The Morgan fingerprint density at radius 1 is 1.50 bits per heavy atom. The van der Waals surface area contributed by atoms with Gasteiger partial charge < -0.3 is 9.47 Å². The molecule has 0 saturated carbocycles. The van der Waals surface area contributed by atoms with E-state index in [1.54, 1.807) is 6.92 Å². The van der Waals surface area contributed by atoms with E-state index in [0.29, 0.717) is 19.8 Å². The summed E-state index contributed by atoms with van der Waals surface area (Å²) in [5.74, 6) is 0. The molecule has 0 aliphatic rings. The Hall–Kier alpha value is -1.52. The van der Waals surface area contributed by atoms with E-state index in [9.17, 15) is 4.79 Å². The molecule has 1 heterocycles. The van der Waals surface area contributed by atoms with Crippen LogP contribution in [0.5, 0.6) is 0 Å². The van der Waals surface area contributed by atoms with Crippen LogP contribution in [-0.2, 0) is 23.1 Å². The zero-order valence-corrected chi connectivity index (χ0v) is 8.47. The molecule has 1 rings (SSSR count). The molecule has 0 radical (unpaired) electrons. The smallest absolute Gasteiger partial charge is 0.435 e. The van der Waals surface area contributed by atoms with Crippen LogP contribution in [0.3, 0.4) is 0 Å². The summed E-state index contributed by atoms with van der Waals surface area (Å²) >= 11 is 0. The van der Waals surface area contributed by atoms with Crippen molar-refractivity contribution >= 4 is 6.16 Å². The van der Waals surface area contributed by atoms with Crippen molar-refractivity contribution in [2.75, 3.05) is 13.2 Å². The van der Waals surface area contributed by atoms with Crippen LogP contribution in [-0.4, -0.2) is 23.9 Å². The van der Waals surface area contributed by atoms with Gasteiger partial charge in [0.2, 0.25) is 6.33 Å². The van der Waals surface area contributed by atoms with Gasteiger partial charge in [-0.1, -0.05) is 0 Å². The first-order valence-electron chi connectivity index (χ1n) is 4.53. The van der Waals surface area contributed by atoms with Gasteiger partial charge in [-0.2, -0.15) is 0 Å². The van der Waals surface area contributed by atoms with Crippen LogP contribution in [0.1, 0.15) is 6.92 Å². The fraction of sp³-hybridized carbons (Fsp3) is 0.556. The Balaban J connectivity index is 2.18. The van der Waals surface area contributed by atoms with Crippen molar-refractivity contribution in [2.45, 2.75) is 13.5 Å². The minimum atomic E-state index is -0.607. The summed E-state index contributed by atoms with van der Waals surface area (Å²) in [5, 5.41) is 0. The van der Waals surface area contributed by atoms with Crippen LogP contribution in [0.4, 0.5) is 4.79 Å². The van der Waals surface area contributed by atoms with E-state index in [1.165, 1.54) is 0 Å². The van der Waals surface area contributed by atoms with Gasteiger partial charge >= 0.3 is 6.16 Å². The lowest BCUT2D eigenvalue weighted by Crippen LogP contribution is -2.34. The molecule has 0 atom stereocenters. The van der Waals surface area contributed by atoms with Gasteiger partial charge in [0.25, 0.3) is 0 Å². The fourth-order valence-electron chi connectivity index (χ4n) is 1.03. The number of aromatic nitrogens is 2. The molecule has 0 unspecified atom stereocenters. The van der Waals surface area contributed by atoms with Crippen molar-refractivity contribution < 1.29 is 18.8 Å². The summed E-state index contributed by atoms with van der Waals surface area (Å²) in [5.41, 5.74) is 0. The lowest BCUT2D eigenvalue weighted by molar-refractivity contribution is -0.697. The number of hydrogen-bond acceptors (Lipinski definition) is 3. The molecule has 0 spiro atoms. The highest BCUT2D eigenvalue weighted by Gasteiger charge is 2.04. The molecule has 5 heteroatoms. The Morgan fingerprint density at radius 3 is 2.86 bits per heavy atom. The molecular formula is C9H15N2O3+. The molecule has 0 aromatic carbocycles. The summed E-state index contributed by atoms with van der Waals surface area (Å²) < 4.78 is 13.3. The molecule has 0 aliphatic heterocycles. The average molecular weight is 199 g/mol. The molecule has 14 heavy (non-hydrogen) atoms. The number of imidazole rings is 1. The number of aryl methyl sites for hydroxylation is 1. The zero-order valence-electron chi connectivity index (χ0n) is 8.47.